The van der Waals surface area contributed by atoms with Crippen LogP contribution < -0.4 is 5.32 Å². The Balaban J connectivity index is 1.82. The van der Waals surface area contributed by atoms with Crippen molar-refractivity contribution < 1.29 is 9.84 Å². The van der Waals surface area contributed by atoms with Gasteiger partial charge >= 0.3 is 0 Å². The first-order valence-corrected chi connectivity index (χ1v) is 8.35. The van der Waals surface area contributed by atoms with Crippen molar-refractivity contribution in [3.05, 3.63) is 0 Å². The van der Waals surface area contributed by atoms with Gasteiger partial charge in [-0.2, -0.15) is 0 Å². The maximum Gasteiger partial charge on any atom is 0.0616 e. The van der Waals surface area contributed by atoms with Gasteiger partial charge in [-0.1, -0.05) is 13.3 Å². The number of nitrogens with one attached hydrogen (secondary N) is 1. The van der Waals surface area contributed by atoms with Crippen molar-refractivity contribution >= 4 is 0 Å². The summed E-state index contributed by atoms with van der Waals surface area (Å²) in [5.74, 6) is 0.620. The molecule has 4 heteroatoms. The number of aliphatic hydroxyl groups excluding tert-OH is 1. The summed E-state index contributed by atoms with van der Waals surface area (Å²) in [4.78, 5) is 2.51. The summed E-state index contributed by atoms with van der Waals surface area (Å²) in [5.41, 5.74) is -0.00866. The molecular weight excluding hydrogens is 252 g/mol. The van der Waals surface area contributed by atoms with Crippen LogP contribution in [0.15, 0.2) is 0 Å². The van der Waals surface area contributed by atoms with Crippen molar-refractivity contribution in [1.82, 2.24) is 10.2 Å². The fourth-order valence-corrected chi connectivity index (χ4v) is 4.08. The molecule has 2 rings (SSSR count). The summed E-state index contributed by atoms with van der Waals surface area (Å²) in [6.45, 7) is 6.34. The molecule has 1 saturated heterocycles. The van der Waals surface area contributed by atoms with Gasteiger partial charge in [-0.05, 0) is 58.2 Å². The fourth-order valence-electron chi connectivity index (χ4n) is 4.08. The summed E-state index contributed by atoms with van der Waals surface area (Å²) in [5, 5.41) is 13.4. The van der Waals surface area contributed by atoms with E-state index in [0.717, 1.165) is 32.7 Å². The van der Waals surface area contributed by atoms with Crippen LogP contribution in [0.3, 0.4) is 0 Å². The predicted molar refractivity (Wildman–Crippen MR) is 81.9 cm³/mol. The fraction of sp³-hybridized carbons (Fsp3) is 1.00. The van der Waals surface area contributed by atoms with E-state index in [-0.39, 0.29) is 12.1 Å². The van der Waals surface area contributed by atoms with Crippen LogP contribution in [-0.4, -0.2) is 61.5 Å². The van der Waals surface area contributed by atoms with Crippen LogP contribution >= 0.6 is 0 Å². The molecule has 2 unspecified atom stereocenters. The Labute approximate surface area is 123 Å². The lowest BCUT2D eigenvalue weighted by Crippen LogP contribution is -2.52. The van der Waals surface area contributed by atoms with E-state index in [1.807, 2.05) is 0 Å². The predicted octanol–water partition coefficient (Wildman–Crippen LogP) is 1.63. The molecule has 0 radical (unpaired) electrons. The molecule has 0 spiro atoms. The summed E-state index contributed by atoms with van der Waals surface area (Å²) >= 11 is 0. The van der Waals surface area contributed by atoms with E-state index in [4.69, 9.17) is 4.74 Å². The Kier molecular flexibility index (Phi) is 6.27. The van der Waals surface area contributed by atoms with E-state index in [9.17, 15) is 5.11 Å². The van der Waals surface area contributed by atoms with Crippen molar-refractivity contribution in [2.24, 2.45) is 5.92 Å². The quantitative estimate of drug-likeness (QED) is 0.746. The highest BCUT2D eigenvalue weighted by molar-refractivity contribution is 4.99. The standard InChI is InChI=1S/C16H32N2O2/c1-3-17-16(13-19)9-4-5-14(16)6-10-18(2)15-7-11-20-12-8-15/h14-15,17,19H,3-13H2,1-2H3. The molecule has 2 atom stereocenters. The molecule has 0 bridgehead atoms. The highest BCUT2D eigenvalue weighted by atomic mass is 16.5. The number of ether oxygens (including phenoxy) is 1. The minimum absolute atomic E-state index is 0.00866. The lowest BCUT2D eigenvalue weighted by atomic mass is 9.85. The maximum absolute atomic E-state index is 9.84. The van der Waals surface area contributed by atoms with E-state index >= 15 is 0 Å². The number of nitrogens with zero attached hydrogens (tertiary/aromatic N) is 1. The molecule has 2 N–H and O–H groups in total. The van der Waals surface area contributed by atoms with E-state index in [1.54, 1.807) is 0 Å². The zero-order valence-electron chi connectivity index (χ0n) is 13.2. The molecule has 1 aliphatic carbocycles. The van der Waals surface area contributed by atoms with Gasteiger partial charge in [-0.25, -0.2) is 0 Å². The third kappa shape index (κ3) is 3.73. The van der Waals surface area contributed by atoms with Gasteiger partial charge in [-0.3, -0.25) is 0 Å². The van der Waals surface area contributed by atoms with Crippen LogP contribution in [0.1, 0.15) is 45.4 Å². The molecule has 2 fully saturated rings. The minimum atomic E-state index is -0.00866. The second kappa shape index (κ2) is 7.74. The minimum Gasteiger partial charge on any atom is -0.394 e. The number of hydrogen-bond donors (Lipinski definition) is 2. The van der Waals surface area contributed by atoms with Gasteiger partial charge < -0.3 is 20.1 Å². The van der Waals surface area contributed by atoms with E-state index in [0.29, 0.717) is 12.0 Å². The van der Waals surface area contributed by atoms with Crippen molar-refractivity contribution in [2.45, 2.75) is 57.0 Å². The summed E-state index contributed by atoms with van der Waals surface area (Å²) in [6.07, 6.45) is 7.16. The molecule has 0 amide bonds. The summed E-state index contributed by atoms with van der Waals surface area (Å²) < 4.78 is 5.44. The zero-order valence-corrected chi connectivity index (χ0v) is 13.2. The first-order chi connectivity index (χ1) is 9.72. The Bertz CT molecular complexity index is 282. The molecule has 4 nitrogen and oxygen atoms in total. The Morgan fingerprint density at radius 1 is 1.30 bits per heavy atom. The molecule has 1 saturated carbocycles. The largest absolute Gasteiger partial charge is 0.394 e. The van der Waals surface area contributed by atoms with E-state index in [2.05, 4.69) is 24.2 Å². The average molecular weight is 284 g/mol. The highest BCUT2D eigenvalue weighted by Crippen LogP contribution is 2.37. The molecule has 0 aromatic rings. The molecule has 1 heterocycles. The lowest BCUT2D eigenvalue weighted by Gasteiger charge is -2.37. The zero-order chi connectivity index (χ0) is 14.4. The van der Waals surface area contributed by atoms with Gasteiger partial charge in [0.2, 0.25) is 0 Å². The van der Waals surface area contributed by atoms with E-state index < -0.39 is 0 Å². The molecule has 0 aromatic carbocycles. The monoisotopic (exact) mass is 284 g/mol. The summed E-state index contributed by atoms with van der Waals surface area (Å²) in [7, 11) is 2.25. The van der Waals surface area contributed by atoms with Crippen LogP contribution in [0.2, 0.25) is 0 Å². The smallest absolute Gasteiger partial charge is 0.0616 e. The van der Waals surface area contributed by atoms with Crippen LogP contribution in [0, 0.1) is 5.92 Å². The second-order valence-corrected chi connectivity index (χ2v) is 6.55. The average Bonchev–Trinajstić information content (AvgIpc) is 2.89. The van der Waals surface area contributed by atoms with Gasteiger partial charge in [0.1, 0.15) is 0 Å². The van der Waals surface area contributed by atoms with Gasteiger partial charge in [0, 0.05) is 24.8 Å². The molecule has 1 aliphatic heterocycles. The van der Waals surface area contributed by atoms with Crippen LogP contribution in [0.4, 0.5) is 0 Å². The van der Waals surface area contributed by atoms with Crippen molar-refractivity contribution in [1.29, 1.82) is 0 Å². The van der Waals surface area contributed by atoms with Gasteiger partial charge in [0.25, 0.3) is 0 Å². The Hall–Kier alpha value is -0.160. The SMILES string of the molecule is CCNC1(CO)CCCC1CCN(C)C1CCOCC1. The normalized spacial score (nSPS) is 32.1. The molecule has 0 aromatic heterocycles. The molecular formula is C16H32N2O2. The van der Waals surface area contributed by atoms with Gasteiger partial charge in [0.05, 0.1) is 6.61 Å². The lowest BCUT2D eigenvalue weighted by molar-refractivity contribution is 0.0384. The van der Waals surface area contributed by atoms with Crippen molar-refractivity contribution in [3.63, 3.8) is 0 Å². The third-order valence-electron chi connectivity index (χ3n) is 5.41. The van der Waals surface area contributed by atoms with Crippen molar-refractivity contribution in [2.75, 3.05) is 40.0 Å². The topological polar surface area (TPSA) is 44.7 Å². The second-order valence-electron chi connectivity index (χ2n) is 6.55. The van der Waals surface area contributed by atoms with Crippen molar-refractivity contribution in [3.8, 4) is 0 Å². The first kappa shape index (κ1) is 16.2. The number of rotatable bonds is 7. The summed E-state index contributed by atoms with van der Waals surface area (Å²) in [6, 6.07) is 0.688. The number of aliphatic hydroxyl groups is 1. The number of hydrogen-bond acceptors (Lipinski definition) is 4. The highest BCUT2D eigenvalue weighted by Gasteiger charge is 2.41. The number of likely N-dealkylation sites (N-methyl/N-ethyl adjacent to an activating group) is 1. The van der Waals surface area contributed by atoms with Gasteiger partial charge in [-0.15, -0.1) is 0 Å². The first-order valence-electron chi connectivity index (χ1n) is 8.35. The molecule has 20 heavy (non-hydrogen) atoms. The van der Waals surface area contributed by atoms with Crippen LogP contribution in [-0.2, 0) is 4.74 Å². The third-order valence-corrected chi connectivity index (χ3v) is 5.41. The van der Waals surface area contributed by atoms with Crippen LogP contribution in [0.25, 0.3) is 0 Å². The maximum atomic E-state index is 9.84. The molecule has 118 valence electrons. The molecule has 2 aliphatic rings. The van der Waals surface area contributed by atoms with E-state index in [1.165, 1.54) is 32.1 Å². The Morgan fingerprint density at radius 3 is 2.70 bits per heavy atom. The van der Waals surface area contributed by atoms with Gasteiger partial charge in [0.15, 0.2) is 0 Å². The van der Waals surface area contributed by atoms with Crippen LogP contribution in [0.5, 0.6) is 0 Å². The Morgan fingerprint density at radius 2 is 2.05 bits per heavy atom.